The van der Waals surface area contributed by atoms with Crippen LogP contribution in [0.2, 0.25) is 5.02 Å². The van der Waals surface area contributed by atoms with Crippen molar-refractivity contribution in [1.29, 1.82) is 0 Å². The first-order valence-electron chi connectivity index (χ1n) is 22.5. The molecule has 0 N–H and O–H groups in total. The molecule has 330 valence electrons. The third-order valence-electron chi connectivity index (χ3n) is 13.1. The highest BCUT2D eigenvalue weighted by Crippen LogP contribution is 2.41. The largest absolute Gasteiger partial charge is 0.375 e. The molecule has 6 aromatic heterocycles. The summed E-state index contributed by atoms with van der Waals surface area (Å²) in [6.45, 7) is 3.49. The van der Waals surface area contributed by atoms with Gasteiger partial charge in [-0.1, -0.05) is 125 Å². The van der Waals surface area contributed by atoms with Gasteiger partial charge in [-0.3, -0.25) is 18.8 Å². The van der Waals surface area contributed by atoms with Crippen LogP contribution in [0.3, 0.4) is 0 Å². The fraction of sp³-hybridized carbons (Fsp3) is 0.0345. The molecular weight excluding hydrogens is 910 g/mol. The summed E-state index contributed by atoms with van der Waals surface area (Å²) in [6, 6.07) is 61.9. The number of fused-ring (bicyclic) bond motifs is 20. The quantitative estimate of drug-likeness (QED) is 0.129. The predicted molar refractivity (Wildman–Crippen MR) is 290 cm³/mol. The Bertz CT molecular complexity index is 4430. The average Bonchev–Trinajstić information content (AvgIpc) is 3.98. The highest BCUT2D eigenvalue weighted by Gasteiger charge is 2.24. The maximum atomic E-state index is 13.9. The second kappa shape index (κ2) is 17.0. The van der Waals surface area contributed by atoms with Crippen LogP contribution in [0.4, 0.5) is 0 Å². The maximum Gasteiger partial charge on any atom is 0.375 e. The van der Waals surface area contributed by atoms with Crippen molar-refractivity contribution in [3.63, 3.8) is 0 Å². The minimum atomic E-state index is -2.81. The zero-order chi connectivity index (χ0) is 46.8. The highest BCUT2D eigenvalue weighted by atomic mass is 35.5. The van der Waals surface area contributed by atoms with Crippen molar-refractivity contribution in [3.8, 4) is 0 Å². The highest BCUT2D eigenvalue weighted by molar-refractivity contribution is 7.78. The van der Waals surface area contributed by atoms with Gasteiger partial charge in [0.25, 0.3) is 0 Å². The standard InChI is InChI=1S/C29H20N3OP.C23H13ClN2.C6H7NOP/c1-34(33,21-8-6-16-30-18-21)20-13-14-25-27(17-20)32-26-15-12-19-7-2-3-9-22(19)28(26)23-10-4-5-11-24(23)29(32)31-25;24-15-10-11-19-21(13-15)26-20-12-9-14-5-1-2-6-16(14)22(20)17-7-3-4-8-18(17)23(26)25-19;1-9(8)6-3-2-4-7-5-6/h2-18H,1H3;1-13H;2-5H,1H3/q;;+1. The van der Waals surface area contributed by atoms with Gasteiger partial charge in [0.15, 0.2) is 0 Å². The fourth-order valence-corrected chi connectivity index (χ4v) is 12.1. The van der Waals surface area contributed by atoms with Crippen LogP contribution in [0.15, 0.2) is 207 Å². The van der Waals surface area contributed by atoms with Gasteiger partial charge in [-0.25, -0.2) is 9.97 Å². The third-order valence-corrected chi connectivity index (χ3v) is 16.8. The average molecular weight is 950 g/mol. The Labute approximate surface area is 401 Å². The number of hydrogen-bond donors (Lipinski definition) is 0. The summed E-state index contributed by atoms with van der Waals surface area (Å²) in [5, 5.41) is 15.2. The van der Waals surface area contributed by atoms with E-state index in [-0.39, 0.29) is 0 Å². The Morgan fingerprint density at radius 3 is 1.48 bits per heavy atom. The lowest BCUT2D eigenvalue weighted by molar-refractivity contribution is 0.590. The van der Waals surface area contributed by atoms with Gasteiger partial charge in [0.1, 0.15) is 25.1 Å². The number of benzene rings is 8. The lowest BCUT2D eigenvalue weighted by atomic mass is 9.99. The first-order valence-corrected chi connectivity index (χ1v) is 26.7. The number of imidazole rings is 2. The molecule has 8 aromatic carbocycles. The number of nitrogens with zero attached hydrogens (tertiary/aromatic N) is 6. The van der Waals surface area contributed by atoms with Gasteiger partial charge < -0.3 is 4.57 Å². The molecule has 14 aromatic rings. The molecule has 6 heterocycles. The molecule has 2 atom stereocenters. The van der Waals surface area contributed by atoms with Crippen molar-refractivity contribution in [1.82, 2.24) is 28.7 Å². The summed E-state index contributed by atoms with van der Waals surface area (Å²) in [7, 11) is -4.01. The molecule has 0 spiro atoms. The van der Waals surface area contributed by atoms with Crippen molar-refractivity contribution in [2.45, 2.75) is 0 Å². The monoisotopic (exact) mass is 949 g/mol. The van der Waals surface area contributed by atoms with Gasteiger partial charge in [0.2, 0.25) is 5.30 Å². The number of aromatic nitrogens is 6. The summed E-state index contributed by atoms with van der Waals surface area (Å²) in [4.78, 5) is 18.0. The van der Waals surface area contributed by atoms with E-state index in [1.807, 2.05) is 61.3 Å². The number of hydrogen-bond acceptors (Lipinski definition) is 6. The van der Waals surface area contributed by atoms with E-state index in [0.717, 1.165) is 76.1 Å². The van der Waals surface area contributed by atoms with Gasteiger partial charge in [-0.05, 0) is 112 Å². The molecule has 0 saturated heterocycles. The van der Waals surface area contributed by atoms with Crippen LogP contribution in [0.25, 0.3) is 98.3 Å². The van der Waals surface area contributed by atoms with Crippen LogP contribution >= 0.6 is 26.5 Å². The molecule has 11 heteroatoms. The van der Waals surface area contributed by atoms with E-state index in [2.05, 4.69) is 140 Å². The SMILES string of the molecule is CP(=O)(c1cccnc1)c1ccc2nc3c4ccccc4c4c5ccccc5ccc4n3c2c1.C[P+](=O)c1cccnc1.Clc1ccc2nc3c4ccccc4c4c5ccccc5ccc4n3c2c1. The molecule has 0 aliphatic carbocycles. The van der Waals surface area contributed by atoms with E-state index in [9.17, 15) is 9.13 Å². The van der Waals surface area contributed by atoms with Crippen LogP contribution in [-0.2, 0) is 9.13 Å². The molecule has 14 rings (SSSR count). The van der Waals surface area contributed by atoms with Crippen LogP contribution in [0.5, 0.6) is 0 Å². The van der Waals surface area contributed by atoms with Gasteiger partial charge in [-0.2, -0.15) is 0 Å². The van der Waals surface area contributed by atoms with Crippen LogP contribution in [-0.4, -0.2) is 42.1 Å². The van der Waals surface area contributed by atoms with Crippen LogP contribution in [0.1, 0.15) is 0 Å². The summed E-state index contributed by atoms with van der Waals surface area (Å²) >= 11 is 6.30. The summed E-state index contributed by atoms with van der Waals surface area (Å²) in [6.07, 6.45) is 6.70. The zero-order valence-corrected chi connectivity index (χ0v) is 39.9. The maximum absolute atomic E-state index is 13.9. The Balaban J connectivity index is 0.000000124. The first kappa shape index (κ1) is 42.5. The molecule has 0 fully saturated rings. The third kappa shape index (κ3) is 7.19. The molecule has 2 unspecified atom stereocenters. The van der Waals surface area contributed by atoms with Crippen molar-refractivity contribution >= 4 is 141 Å². The molecule has 0 bridgehead atoms. The fourth-order valence-electron chi connectivity index (χ4n) is 9.77. The van der Waals surface area contributed by atoms with E-state index in [1.165, 1.54) is 43.1 Å². The topological polar surface area (TPSA) is 94.5 Å². The molecule has 0 radical (unpaired) electrons. The van der Waals surface area contributed by atoms with Gasteiger partial charge in [0, 0.05) is 55.8 Å². The second-order valence-electron chi connectivity index (χ2n) is 17.1. The van der Waals surface area contributed by atoms with Crippen molar-refractivity contribution in [3.05, 3.63) is 212 Å². The van der Waals surface area contributed by atoms with Crippen molar-refractivity contribution in [2.75, 3.05) is 13.3 Å². The first-order chi connectivity index (χ1) is 33.7. The second-order valence-corrected chi connectivity index (χ2v) is 22.0. The van der Waals surface area contributed by atoms with Crippen molar-refractivity contribution < 1.29 is 9.13 Å². The number of halogens is 1. The van der Waals surface area contributed by atoms with Gasteiger partial charge in [0.05, 0.1) is 39.3 Å². The Hall–Kier alpha value is -7.86. The van der Waals surface area contributed by atoms with Crippen LogP contribution < -0.4 is 15.9 Å². The van der Waals surface area contributed by atoms with E-state index in [0.29, 0.717) is 0 Å². The van der Waals surface area contributed by atoms with E-state index in [1.54, 1.807) is 37.5 Å². The van der Waals surface area contributed by atoms with Gasteiger partial charge in [-0.15, -0.1) is 0 Å². The van der Waals surface area contributed by atoms with Crippen LogP contribution in [0, 0.1) is 0 Å². The number of rotatable bonds is 3. The van der Waals surface area contributed by atoms with E-state index >= 15 is 0 Å². The van der Waals surface area contributed by atoms with Crippen molar-refractivity contribution in [2.24, 2.45) is 0 Å². The zero-order valence-electron chi connectivity index (χ0n) is 37.4. The number of pyridine rings is 4. The lowest BCUT2D eigenvalue weighted by Crippen LogP contribution is -2.15. The summed E-state index contributed by atoms with van der Waals surface area (Å²) in [5.41, 5.74) is 7.99. The minimum absolute atomic E-state index is 0.724. The Kier molecular flexibility index (Phi) is 10.5. The Morgan fingerprint density at radius 1 is 0.478 bits per heavy atom. The molecule has 0 aliphatic rings. The Morgan fingerprint density at radius 2 is 0.971 bits per heavy atom. The summed E-state index contributed by atoms with van der Waals surface area (Å²) < 4.78 is 29.1. The predicted octanol–water partition coefficient (Wildman–Crippen LogP) is 14.1. The molecule has 69 heavy (non-hydrogen) atoms. The molecule has 0 aliphatic heterocycles. The normalized spacial score (nSPS) is 12.8. The van der Waals surface area contributed by atoms with E-state index < -0.39 is 14.9 Å². The van der Waals surface area contributed by atoms with Gasteiger partial charge >= 0.3 is 7.80 Å². The molecule has 0 saturated carbocycles. The lowest BCUT2D eigenvalue weighted by Gasteiger charge is -2.14. The molecule has 0 amide bonds. The smallest absolute Gasteiger partial charge is 0.314 e. The minimum Gasteiger partial charge on any atom is -0.314 e. The molecular formula is C58H40ClN6O2P2+. The van der Waals surface area contributed by atoms with E-state index in [4.69, 9.17) is 21.6 Å². The summed E-state index contributed by atoms with van der Waals surface area (Å²) in [5.74, 6) is 0. The molecule has 8 nitrogen and oxygen atoms in total.